The van der Waals surface area contributed by atoms with Gasteiger partial charge in [0.05, 0.1) is 0 Å². The lowest BCUT2D eigenvalue weighted by Crippen LogP contribution is -2.40. The standard InChI is InChI=1S/C15H25ClN2/c1-5-11(2)15(17)10-18(4)12(3)13-6-8-14(16)9-7-13/h6-9,11-12,15H,5,10,17H2,1-4H3. The smallest absolute Gasteiger partial charge is 0.0406 e. The third kappa shape index (κ3) is 4.27. The van der Waals surface area contributed by atoms with Crippen LogP contribution in [0.3, 0.4) is 0 Å². The molecule has 0 heterocycles. The maximum Gasteiger partial charge on any atom is 0.0406 e. The first kappa shape index (κ1) is 15.5. The van der Waals surface area contributed by atoms with Crippen molar-refractivity contribution in [2.75, 3.05) is 13.6 Å². The van der Waals surface area contributed by atoms with Crippen LogP contribution in [0.1, 0.15) is 38.8 Å². The Morgan fingerprint density at radius 1 is 1.22 bits per heavy atom. The summed E-state index contributed by atoms with van der Waals surface area (Å²) in [4.78, 5) is 2.31. The largest absolute Gasteiger partial charge is 0.326 e. The van der Waals surface area contributed by atoms with Gasteiger partial charge in [0.2, 0.25) is 0 Å². The maximum atomic E-state index is 6.21. The topological polar surface area (TPSA) is 29.3 Å². The highest BCUT2D eigenvalue weighted by Crippen LogP contribution is 2.21. The molecule has 1 aromatic carbocycles. The van der Waals surface area contributed by atoms with Crippen LogP contribution >= 0.6 is 11.6 Å². The number of hydrogen-bond acceptors (Lipinski definition) is 2. The van der Waals surface area contributed by atoms with Gasteiger partial charge in [-0.15, -0.1) is 0 Å². The third-order valence-corrected chi connectivity index (χ3v) is 4.14. The quantitative estimate of drug-likeness (QED) is 0.852. The molecule has 18 heavy (non-hydrogen) atoms. The zero-order chi connectivity index (χ0) is 13.7. The molecule has 0 spiro atoms. The summed E-state index contributed by atoms with van der Waals surface area (Å²) in [6, 6.07) is 8.63. The Labute approximate surface area is 116 Å². The lowest BCUT2D eigenvalue weighted by Gasteiger charge is -2.30. The molecule has 3 unspecified atom stereocenters. The van der Waals surface area contributed by atoms with Crippen molar-refractivity contribution in [1.29, 1.82) is 0 Å². The highest BCUT2D eigenvalue weighted by molar-refractivity contribution is 6.30. The number of hydrogen-bond donors (Lipinski definition) is 1. The molecule has 0 radical (unpaired) electrons. The number of rotatable bonds is 6. The Morgan fingerprint density at radius 2 is 1.78 bits per heavy atom. The van der Waals surface area contributed by atoms with Gasteiger partial charge in [-0.3, -0.25) is 4.90 Å². The first-order valence-corrected chi connectivity index (χ1v) is 7.04. The van der Waals surface area contributed by atoms with Crippen molar-refractivity contribution in [3.8, 4) is 0 Å². The van der Waals surface area contributed by atoms with Gasteiger partial charge < -0.3 is 5.73 Å². The van der Waals surface area contributed by atoms with Crippen molar-refractivity contribution < 1.29 is 0 Å². The Balaban J connectivity index is 2.61. The predicted octanol–water partition coefficient (Wildman–Crippen LogP) is 3.71. The number of nitrogens with two attached hydrogens (primary N) is 1. The fourth-order valence-corrected chi connectivity index (χ4v) is 2.10. The first-order chi connectivity index (χ1) is 8.45. The molecule has 0 saturated carbocycles. The fourth-order valence-electron chi connectivity index (χ4n) is 1.97. The normalized spacial score (nSPS) is 16.6. The van der Waals surface area contributed by atoms with Crippen LogP contribution in [0.2, 0.25) is 5.02 Å². The molecule has 102 valence electrons. The van der Waals surface area contributed by atoms with Gasteiger partial charge in [-0.25, -0.2) is 0 Å². The van der Waals surface area contributed by atoms with E-state index in [9.17, 15) is 0 Å². The number of halogens is 1. The second-order valence-corrected chi connectivity index (χ2v) is 5.65. The van der Waals surface area contributed by atoms with Gasteiger partial charge in [-0.1, -0.05) is 44.0 Å². The summed E-state index contributed by atoms with van der Waals surface area (Å²) in [6.45, 7) is 7.52. The van der Waals surface area contributed by atoms with Crippen molar-refractivity contribution in [2.24, 2.45) is 11.7 Å². The van der Waals surface area contributed by atoms with E-state index < -0.39 is 0 Å². The van der Waals surface area contributed by atoms with Crippen molar-refractivity contribution in [1.82, 2.24) is 4.90 Å². The lowest BCUT2D eigenvalue weighted by molar-refractivity contribution is 0.222. The molecule has 0 bridgehead atoms. The van der Waals surface area contributed by atoms with Crippen molar-refractivity contribution >= 4 is 11.6 Å². The summed E-state index contributed by atoms with van der Waals surface area (Å²) in [7, 11) is 2.13. The summed E-state index contributed by atoms with van der Waals surface area (Å²) in [5.74, 6) is 0.560. The summed E-state index contributed by atoms with van der Waals surface area (Å²) in [5, 5.41) is 0.782. The van der Waals surface area contributed by atoms with E-state index in [0.717, 1.165) is 18.0 Å². The second-order valence-electron chi connectivity index (χ2n) is 5.22. The van der Waals surface area contributed by atoms with Crippen molar-refractivity contribution in [3.63, 3.8) is 0 Å². The van der Waals surface area contributed by atoms with Gasteiger partial charge >= 0.3 is 0 Å². The van der Waals surface area contributed by atoms with E-state index in [1.54, 1.807) is 0 Å². The van der Waals surface area contributed by atoms with E-state index in [1.165, 1.54) is 5.56 Å². The Morgan fingerprint density at radius 3 is 2.28 bits per heavy atom. The molecule has 0 amide bonds. The van der Waals surface area contributed by atoms with Crippen molar-refractivity contribution in [2.45, 2.75) is 39.3 Å². The van der Waals surface area contributed by atoms with E-state index in [1.807, 2.05) is 12.1 Å². The third-order valence-electron chi connectivity index (χ3n) is 3.89. The van der Waals surface area contributed by atoms with Crippen LogP contribution in [0.25, 0.3) is 0 Å². The van der Waals surface area contributed by atoms with Crippen LogP contribution in [0.4, 0.5) is 0 Å². The highest BCUT2D eigenvalue weighted by atomic mass is 35.5. The van der Waals surface area contributed by atoms with Crippen LogP contribution in [0, 0.1) is 5.92 Å². The molecule has 1 aromatic rings. The molecular formula is C15H25ClN2. The number of nitrogens with zero attached hydrogens (tertiary/aromatic N) is 1. The van der Waals surface area contributed by atoms with Crippen LogP contribution in [-0.4, -0.2) is 24.5 Å². The van der Waals surface area contributed by atoms with Crippen molar-refractivity contribution in [3.05, 3.63) is 34.9 Å². The predicted molar refractivity (Wildman–Crippen MR) is 79.9 cm³/mol. The first-order valence-electron chi connectivity index (χ1n) is 6.67. The fraction of sp³-hybridized carbons (Fsp3) is 0.600. The SMILES string of the molecule is CCC(C)C(N)CN(C)C(C)c1ccc(Cl)cc1. The molecule has 0 aromatic heterocycles. The Kier molecular flexibility index (Phi) is 6.13. The van der Waals surface area contributed by atoms with Gasteiger partial charge in [0.1, 0.15) is 0 Å². The zero-order valence-electron chi connectivity index (χ0n) is 11.9. The van der Waals surface area contributed by atoms with Gasteiger partial charge in [0.25, 0.3) is 0 Å². The lowest BCUT2D eigenvalue weighted by atomic mass is 9.98. The van der Waals surface area contributed by atoms with E-state index in [-0.39, 0.29) is 6.04 Å². The molecule has 3 atom stereocenters. The van der Waals surface area contributed by atoms with Crippen LogP contribution in [-0.2, 0) is 0 Å². The van der Waals surface area contributed by atoms with Gasteiger partial charge in [0, 0.05) is 23.7 Å². The summed E-state index contributed by atoms with van der Waals surface area (Å²) in [5.41, 5.74) is 7.48. The molecule has 1 rings (SSSR count). The van der Waals surface area contributed by atoms with E-state index in [2.05, 4.69) is 44.9 Å². The number of benzene rings is 1. The summed E-state index contributed by atoms with van der Waals surface area (Å²) >= 11 is 5.91. The monoisotopic (exact) mass is 268 g/mol. The minimum absolute atomic E-state index is 0.231. The van der Waals surface area contributed by atoms with Crippen LogP contribution < -0.4 is 5.73 Å². The maximum absolute atomic E-state index is 6.21. The van der Waals surface area contributed by atoms with E-state index >= 15 is 0 Å². The molecule has 2 nitrogen and oxygen atoms in total. The van der Waals surface area contributed by atoms with E-state index in [0.29, 0.717) is 12.0 Å². The summed E-state index contributed by atoms with van der Waals surface area (Å²) in [6.07, 6.45) is 1.13. The Bertz CT molecular complexity index is 350. The average molecular weight is 269 g/mol. The Hall–Kier alpha value is -0.570. The van der Waals surface area contributed by atoms with Crippen LogP contribution in [0.5, 0.6) is 0 Å². The van der Waals surface area contributed by atoms with Crippen LogP contribution in [0.15, 0.2) is 24.3 Å². The summed E-state index contributed by atoms with van der Waals surface area (Å²) < 4.78 is 0. The molecule has 2 N–H and O–H groups in total. The molecule has 0 fully saturated rings. The molecule has 0 aliphatic rings. The minimum Gasteiger partial charge on any atom is -0.326 e. The van der Waals surface area contributed by atoms with Gasteiger partial charge in [-0.2, -0.15) is 0 Å². The molecular weight excluding hydrogens is 244 g/mol. The highest BCUT2D eigenvalue weighted by Gasteiger charge is 2.17. The molecule has 3 heteroatoms. The zero-order valence-corrected chi connectivity index (χ0v) is 12.6. The second kappa shape index (κ2) is 7.13. The van der Waals surface area contributed by atoms with E-state index in [4.69, 9.17) is 17.3 Å². The average Bonchev–Trinajstić information content (AvgIpc) is 2.37. The molecule has 0 saturated heterocycles. The van der Waals surface area contributed by atoms with Gasteiger partial charge in [-0.05, 0) is 37.6 Å². The molecule has 0 aliphatic heterocycles. The molecule has 0 aliphatic carbocycles. The number of likely N-dealkylation sites (N-methyl/N-ethyl adjacent to an activating group) is 1. The van der Waals surface area contributed by atoms with Gasteiger partial charge in [0.15, 0.2) is 0 Å². The minimum atomic E-state index is 0.231.